The second-order valence-corrected chi connectivity index (χ2v) is 6.20. The Balaban J connectivity index is 1.93. The highest BCUT2D eigenvalue weighted by molar-refractivity contribution is 5.66. The lowest BCUT2D eigenvalue weighted by atomic mass is 9.98. The van der Waals surface area contributed by atoms with Crippen molar-refractivity contribution in [3.63, 3.8) is 0 Å². The van der Waals surface area contributed by atoms with Crippen LogP contribution in [0.4, 0.5) is 0 Å². The summed E-state index contributed by atoms with van der Waals surface area (Å²) in [6.07, 6.45) is 5.90. The van der Waals surface area contributed by atoms with Gasteiger partial charge in [0.2, 0.25) is 0 Å². The molecule has 1 aromatic carbocycles. The van der Waals surface area contributed by atoms with Crippen LogP contribution in [-0.4, -0.2) is 40.2 Å². The number of nitrogens with zero attached hydrogens (tertiary/aromatic N) is 1. The third kappa shape index (κ3) is 5.43. The van der Waals surface area contributed by atoms with Crippen LogP contribution in [-0.2, 0) is 4.79 Å². The van der Waals surface area contributed by atoms with Gasteiger partial charge in [-0.1, -0.05) is 43.2 Å². The summed E-state index contributed by atoms with van der Waals surface area (Å²) < 4.78 is 0. The summed E-state index contributed by atoms with van der Waals surface area (Å²) >= 11 is 0. The van der Waals surface area contributed by atoms with Crippen LogP contribution >= 0.6 is 0 Å². The highest BCUT2D eigenvalue weighted by atomic mass is 16.4. The number of carboxylic acid groups (broad SMARTS) is 1. The fraction of sp³-hybridized carbons (Fsp3) is 0.611. The molecule has 0 spiro atoms. The van der Waals surface area contributed by atoms with Gasteiger partial charge in [0.25, 0.3) is 0 Å². The number of aliphatic carboxylic acids is 1. The summed E-state index contributed by atoms with van der Waals surface area (Å²) in [5, 5.41) is 19.3. The van der Waals surface area contributed by atoms with E-state index in [1.807, 2.05) is 30.3 Å². The maximum absolute atomic E-state index is 10.7. The molecule has 0 bridgehead atoms. The number of aliphatic hydroxyl groups excluding tert-OH is 1. The lowest BCUT2D eigenvalue weighted by molar-refractivity contribution is -0.137. The highest BCUT2D eigenvalue weighted by Gasteiger charge is 2.24. The monoisotopic (exact) mass is 305 g/mol. The molecule has 0 aliphatic carbocycles. The largest absolute Gasteiger partial charge is 0.481 e. The van der Waals surface area contributed by atoms with Gasteiger partial charge in [0.1, 0.15) is 0 Å². The summed E-state index contributed by atoms with van der Waals surface area (Å²) in [6.45, 7) is 1.84. The van der Waals surface area contributed by atoms with Crippen LogP contribution in [0.25, 0.3) is 0 Å². The molecule has 4 heteroatoms. The third-order valence-corrected chi connectivity index (χ3v) is 4.51. The van der Waals surface area contributed by atoms with Crippen molar-refractivity contribution in [1.29, 1.82) is 0 Å². The molecule has 2 atom stereocenters. The van der Waals surface area contributed by atoms with Crippen molar-refractivity contribution >= 4 is 5.97 Å². The number of carboxylic acids is 1. The average molecular weight is 305 g/mol. The van der Waals surface area contributed by atoms with E-state index in [0.717, 1.165) is 31.5 Å². The van der Waals surface area contributed by atoms with Gasteiger partial charge < -0.3 is 15.1 Å². The first-order chi connectivity index (χ1) is 10.7. The molecule has 0 radical (unpaired) electrons. The first kappa shape index (κ1) is 17.0. The second kappa shape index (κ2) is 8.91. The Hall–Kier alpha value is -1.39. The van der Waals surface area contributed by atoms with Crippen molar-refractivity contribution in [2.45, 2.75) is 57.1 Å². The lowest BCUT2D eigenvalue weighted by Crippen LogP contribution is -2.37. The van der Waals surface area contributed by atoms with Crippen LogP contribution in [0.5, 0.6) is 0 Å². The second-order valence-electron chi connectivity index (χ2n) is 6.20. The van der Waals surface area contributed by atoms with Gasteiger partial charge in [0.05, 0.1) is 6.10 Å². The molecule has 0 aromatic heterocycles. The Morgan fingerprint density at radius 1 is 1.23 bits per heavy atom. The molecule has 1 saturated heterocycles. The predicted octanol–water partition coefficient (Wildman–Crippen LogP) is 3.22. The van der Waals surface area contributed by atoms with E-state index >= 15 is 0 Å². The molecule has 1 aromatic rings. The average Bonchev–Trinajstić information content (AvgIpc) is 2.73. The van der Waals surface area contributed by atoms with Crippen LogP contribution in [0, 0.1) is 0 Å². The lowest BCUT2D eigenvalue weighted by Gasteiger charge is -2.31. The minimum atomic E-state index is -0.726. The third-order valence-electron chi connectivity index (χ3n) is 4.51. The van der Waals surface area contributed by atoms with Crippen LogP contribution in [0.2, 0.25) is 0 Å². The maximum Gasteiger partial charge on any atom is 0.303 e. The molecular formula is C18H27NO3. The standard InChI is InChI=1S/C18H27NO3/c20-17(15-8-3-1-4-9-15)14-16-10-5-2-6-12-19(16)13-7-11-18(21)22/h1,3-4,8-9,16-17,20H,2,5-7,10-14H2,(H,21,22)/t16-,17+/m0/s1. The van der Waals surface area contributed by atoms with Gasteiger partial charge in [0, 0.05) is 12.5 Å². The fourth-order valence-corrected chi connectivity index (χ4v) is 3.30. The van der Waals surface area contributed by atoms with E-state index < -0.39 is 12.1 Å². The van der Waals surface area contributed by atoms with Gasteiger partial charge in [-0.3, -0.25) is 4.79 Å². The molecule has 1 fully saturated rings. The smallest absolute Gasteiger partial charge is 0.303 e. The van der Waals surface area contributed by atoms with Crippen molar-refractivity contribution in [1.82, 2.24) is 4.90 Å². The molecule has 2 rings (SSSR count). The topological polar surface area (TPSA) is 60.8 Å². The Morgan fingerprint density at radius 2 is 2.00 bits per heavy atom. The number of carbonyl (C=O) groups is 1. The minimum Gasteiger partial charge on any atom is -0.481 e. The fourth-order valence-electron chi connectivity index (χ4n) is 3.30. The van der Waals surface area contributed by atoms with E-state index in [9.17, 15) is 9.90 Å². The zero-order valence-electron chi connectivity index (χ0n) is 13.2. The molecule has 1 heterocycles. The molecule has 22 heavy (non-hydrogen) atoms. The Bertz CT molecular complexity index is 449. The Kier molecular flexibility index (Phi) is 6.87. The van der Waals surface area contributed by atoms with Crippen molar-refractivity contribution in [3.8, 4) is 0 Å². The van der Waals surface area contributed by atoms with Crippen LogP contribution in [0.15, 0.2) is 30.3 Å². The zero-order valence-corrected chi connectivity index (χ0v) is 13.2. The molecule has 122 valence electrons. The van der Waals surface area contributed by atoms with E-state index in [0.29, 0.717) is 12.5 Å². The summed E-state index contributed by atoms with van der Waals surface area (Å²) in [6, 6.07) is 10.2. The summed E-state index contributed by atoms with van der Waals surface area (Å²) in [7, 11) is 0. The van der Waals surface area contributed by atoms with Crippen molar-refractivity contribution < 1.29 is 15.0 Å². The van der Waals surface area contributed by atoms with E-state index in [4.69, 9.17) is 5.11 Å². The van der Waals surface area contributed by atoms with Crippen LogP contribution in [0.3, 0.4) is 0 Å². The van der Waals surface area contributed by atoms with Crippen molar-refractivity contribution in [3.05, 3.63) is 35.9 Å². The first-order valence-corrected chi connectivity index (χ1v) is 8.35. The number of rotatable bonds is 7. The number of likely N-dealkylation sites (tertiary alicyclic amines) is 1. The summed E-state index contributed by atoms with van der Waals surface area (Å²) in [4.78, 5) is 13.1. The predicted molar refractivity (Wildman–Crippen MR) is 86.7 cm³/mol. The Labute approximate surface area is 132 Å². The van der Waals surface area contributed by atoms with E-state index in [-0.39, 0.29) is 6.42 Å². The van der Waals surface area contributed by atoms with Gasteiger partial charge in [-0.25, -0.2) is 0 Å². The molecule has 0 saturated carbocycles. The molecular weight excluding hydrogens is 278 g/mol. The van der Waals surface area contributed by atoms with Gasteiger partial charge in [-0.2, -0.15) is 0 Å². The van der Waals surface area contributed by atoms with Gasteiger partial charge in [-0.15, -0.1) is 0 Å². The molecule has 1 aliphatic rings. The maximum atomic E-state index is 10.7. The van der Waals surface area contributed by atoms with Crippen molar-refractivity contribution in [2.24, 2.45) is 0 Å². The molecule has 4 nitrogen and oxygen atoms in total. The summed E-state index contributed by atoms with van der Waals surface area (Å²) in [5.41, 5.74) is 0.970. The van der Waals surface area contributed by atoms with Crippen LogP contribution < -0.4 is 0 Å². The number of benzene rings is 1. The minimum absolute atomic E-state index is 0.227. The first-order valence-electron chi connectivity index (χ1n) is 8.35. The van der Waals surface area contributed by atoms with E-state index in [1.54, 1.807) is 0 Å². The van der Waals surface area contributed by atoms with Gasteiger partial charge in [0.15, 0.2) is 0 Å². The number of hydrogen-bond acceptors (Lipinski definition) is 3. The van der Waals surface area contributed by atoms with Gasteiger partial charge in [-0.05, 0) is 44.3 Å². The normalized spacial score (nSPS) is 21.2. The summed E-state index contributed by atoms with van der Waals surface area (Å²) in [5.74, 6) is -0.726. The molecule has 1 aliphatic heterocycles. The zero-order chi connectivity index (χ0) is 15.8. The van der Waals surface area contributed by atoms with E-state index in [2.05, 4.69) is 4.90 Å². The van der Waals surface area contributed by atoms with Crippen LogP contribution in [0.1, 0.15) is 56.6 Å². The number of hydrogen-bond donors (Lipinski definition) is 2. The highest BCUT2D eigenvalue weighted by Crippen LogP contribution is 2.26. The van der Waals surface area contributed by atoms with E-state index in [1.165, 1.54) is 19.3 Å². The SMILES string of the molecule is O=C(O)CCCN1CCCCC[C@H]1C[C@@H](O)c1ccccc1. The van der Waals surface area contributed by atoms with Crippen molar-refractivity contribution in [2.75, 3.05) is 13.1 Å². The number of aliphatic hydroxyl groups is 1. The molecule has 0 amide bonds. The quantitative estimate of drug-likeness (QED) is 0.812. The van der Waals surface area contributed by atoms with Gasteiger partial charge >= 0.3 is 5.97 Å². The molecule has 0 unspecified atom stereocenters. The molecule has 2 N–H and O–H groups in total. The Morgan fingerprint density at radius 3 is 2.73 bits per heavy atom.